The number of nitrogens with two attached hydrogens (primary N) is 1. The number of amides is 5. The van der Waals surface area contributed by atoms with Crippen LogP contribution in [0.15, 0.2) is 24.4 Å². The number of piperidine rings is 1. The number of nitrogens with one attached hydrogen (secondary N) is 3. The van der Waals surface area contributed by atoms with Crippen molar-refractivity contribution in [2.45, 2.75) is 91.9 Å². The molecule has 3 aliphatic rings. The molecular weight excluding hydrogens is 564 g/mol. The van der Waals surface area contributed by atoms with Gasteiger partial charge in [0.1, 0.15) is 17.8 Å². The smallest absolute Gasteiger partial charge is 0.316 e. The summed E-state index contributed by atoms with van der Waals surface area (Å²) in [6, 6.07) is 0.431. The summed E-state index contributed by atoms with van der Waals surface area (Å²) in [4.78, 5) is 84.4. The van der Waals surface area contributed by atoms with E-state index in [2.05, 4.69) is 20.9 Å². The molecule has 12 heteroatoms. The van der Waals surface area contributed by atoms with Gasteiger partial charge in [0.2, 0.25) is 23.4 Å². The number of Topliss-reactive ketones (excluding diaryl/α,β-unsaturated/α-hetero) is 2. The third-order valence-corrected chi connectivity index (χ3v) is 9.44. The van der Waals surface area contributed by atoms with E-state index in [0.29, 0.717) is 13.0 Å². The quantitative estimate of drug-likeness (QED) is 0.206. The molecule has 1 aliphatic heterocycles. The van der Waals surface area contributed by atoms with Crippen LogP contribution >= 0.6 is 0 Å². The van der Waals surface area contributed by atoms with Crippen molar-refractivity contribution >= 4 is 35.3 Å². The van der Waals surface area contributed by atoms with Crippen LogP contribution in [0.2, 0.25) is 0 Å². The van der Waals surface area contributed by atoms with Gasteiger partial charge in [-0.1, -0.05) is 67.4 Å². The minimum Gasteiger partial charge on any atom is -0.363 e. The zero-order valence-corrected chi connectivity index (χ0v) is 26.7. The minimum atomic E-state index is -1.11. The van der Waals surface area contributed by atoms with E-state index in [4.69, 9.17) is 5.73 Å². The molecule has 0 bridgehead atoms. The summed E-state index contributed by atoms with van der Waals surface area (Å²) in [7, 11) is 0. The van der Waals surface area contributed by atoms with Gasteiger partial charge >= 0.3 is 6.03 Å². The van der Waals surface area contributed by atoms with Gasteiger partial charge in [-0.05, 0) is 53.1 Å². The Labute approximate surface area is 258 Å². The molecule has 1 saturated heterocycles. The molecule has 4 rings (SSSR count). The van der Waals surface area contributed by atoms with Gasteiger partial charge in [0, 0.05) is 12.7 Å². The molecule has 240 valence electrons. The fourth-order valence-corrected chi connectivity index (χ4v) is 6.49. The Hall–Kier alpha value is -3.83. The lowest BCUT2D eigenvalue weighted by Gasteiger charge is -2.38. The van der Waals surface area contributed by atoms with Crippen LogP contribution < -0.4 is 21.7 Å². The van der Waals surface area contributed by atoms with E-state index in [9.17, 15) is 28.8 Å². The van der Waals surface area contributed by atoms with Gasteiger partial charge in [0.05, 0.1) is 12.1 Å². The number of likely N-dealkylation sites (tertiary alicyclic amines) is 1. The number of nitrogens with zero attached hydrogens (tertiary/aromatic N) is 2. The summed E-state index contributed by atoms with van der Waals surface area (Å²) in [5, 5.41) is 8.26. The Morgan fingerprint density at radius 1 is 1.05 bits per heavy atom. The van der Waals surface area contributed by atoms with Crippen LogP contribution in [0, 0.1) is 34.5 Å². The van der Waals surface area contributed by atoms with E-state index in [1.54, 1.807) is 32.0 Å². The lowest BCUT2D eigenvalue weighted by atomic mass is 9.85. The van der Waals surface area contributed by atoms with Crippen molar-refractivity contribution in [1.82, 2.24) is 25.8 Å². The highest BCUT2D eigenvalue weighted by molar-refractivity contribution is 6.37. The highest BCUT2D eigenvalue weighted by Gasteiger charge is 2.70. The third kappa shape index (κ3) is 6.94. The molecule has 5 N–H and O–H groups in total. The molecule has 3 fully saturated rings. The molecule has 12 nitrogen and oxygen atoms in total. The molecule has 5 amide bonds. The van der Waals surface area contributed by atoms with Crippen LogP contribution in [0.3, 0.4) is 0 Å². The fourth-order valence-electron chi connectivity index (χ4n) is 6.49. The van der Waals surface area contributed by atoms with E-state index in [-0.39, 0.29) is 40.6 Å². The molecule has 0 aromatic carbocycles. The van der Waals surface area contributed by atoms with E-state index < -0.39 is 59.1 Å². The molecule has 6 atom stereocenters. The van der Waals surface area contributed by atoms with Gasteiger partial charge in [0.25, 0.3) is 5.91 Å². The van der Waals surface area contributed by atoms with Gasteiger partial charge in [-0.25, -0.2) is 4.79 Å². The number of ketones is 2. The number of rotatable bonds is 12. The summed E-state index contributed by atoms with van der Waals surface area (Å²) < 4.78 is 0. The molecule has 44 heavy (non-hydrogen) atoms. The SMILES string of the molecule is CC(C)[C@H](NC(=O)N[C@H](C(=O)N1C[C@H]2C([C@H]1C(=O)NC(CC1CC1)C(=O)C(N)=O)C2(C)C)C(C)(C)C)C(=O)c1ccccn1. The topological polar surface area (TPSA) is 181 Å². The largest absolute Gasteiger partial charge is 0.363 e. The van der Waals surface area contributed by atoms with Crippen molar-refractivity contribution in [3.63, 3.8) is 0 Å². The second-order valence-electron chi connectivity index (χ2n) is 14.6. The van der Waals surface area contributed by atoms with Crippen molar-refractivity contribution in [3.8, 4) is 0 Å². The first-order chi connectivity index (χ1) is 20.4. The van der Waals surface area contributed by atoms with Gasteiger partial charge in [-0.2, -0.15) is 0 Å². The van der Waals surface area contributed by atoms with Gasteiger partial charge in [-0.15, -0.1) is 0 Å². The first kappa shape index (κ1) is 33.1. The van der Waals surface area contributed by atoms with E-state index in [1.807, 2.05) is 34.6 Å². The lowest BCUT2D eigenvalue weighted by Crippen LogP contribution is -2.62. The average molecular weight is 611 g/mol. The number of hydrogen-bond acceptors (Lipinski definition) is 7. The second kappa shape index (κ2) is 12.3. The maximum absolute atomic E-state index is 14.2. The third-order valence-electron chi connectivity index (χ3n) is 9.44. The zero-order valence-electron chi connectivity index (χ0n) is 26.7. The predicted octanol–water partition coefficient (Wildman–Crippen LogP) is 1.83. The minimum absolute atomic E-state index is 0.0617. The van der Waals surface area contributed by atoms with Crippen molar-refractivity contribution in [2.75, 3.05) is 6.54 Å². The van der Waals surface area contributed by atoms with Gasteiger partial charge in [-0.3, -0.25) is 29.0 Å². The summed E-state index contributed by atoms with van der Waals surface area (Å²) in [5.41, 5.74) is 4.54. The molecule has 1 aromatic rings. The summed E-state index contributed by atoms with van der Waals surface area (Å²) in [5.74, 6) is -3.35. The Morgan fingerprint density at radius 2 is 1.70 bits per heavy atom. The average Bonchev–Trinajstić information content (AvgIpc) is 3.80. The number of carbonyl (C=O) groups is 6. The van der Waals surface area contributed by atoms with Crippen LogP contribution in [0.5, 0.6) is 0 Å². The van der Waals surface area contributed by atoms with Gasteiger partial charge < -0.3 is 26.6 Å². The number of urea groups is 1. The summed E-state index contributed by atoms with van der Waals surface area (Å²) >= 11 is 0. The first-order valence-electron chi connectivity index (χ1n) is 15.4. The van der Waals surface area contributed by atoms with E-state index >= 15 is 0 Å². The van der Waals surface area contributed by atoms with E-state index in [0.717, 1.165) is 12.8 Å². The normalized spacial score (nSPS) is 24.0. The highest BCUT2D eigenvalue weighted by Crippen LogP contribution is 2.65. The summed E-state index contributed by atoms with van der Waals surface area (Å²) in [6.07, 6.45) is 3.66. The van der Waals surface area contributed by atoms with Crippen LogP contribution in [0.4, 0.5) is 4.79 Å². The van der Waals surface area contributed by atoms with Crippen molar-refractivity contribution < 1.29 is 28.8 Å². The first-order valence-corrected chi connectivity index (χ1v) is 15.4. The summed E-state index contributed by atoms with van der Waals surface area (Å²) in [6.45, 7) is 13.4. The Balaban J connectivity index is 1.53. The Morgan fingerprint density at radius 3 is 2.23 bits per heavy atom. The number of fused-ring (bicyclic) bond motifs is 1. The van der Waals surface area contributed by atoms with Crippen LogP contribution in [-0.4, -0.2) is 75.9 Å². The van der Waals surface area contributed by atoms with Crippen molar-refractivity contribution in [2.24, 2.45) is 40.2 Å². The standard InChI is InChI=1S/C32H46N6O6/c1-16(2)22(24(39)19-10-8-9-13-34-19)36-30(44)37-26(31(3,4)5)29(43)38-15-18-21(32(18,6)7)23(38)28(42)35-20(14-17-11-12-17)25(40)27(33)41/h8-10,13,16-18,20-23,26H,11-12,14-15H2,1-7H3,(H2,33,41)(H,35,42)(H2,36,37,44)/t18-,20?,21?,22-,23-,26+/m0/s1. The number of aromatic nitrogens is 1. The number of primary amides is 1. The Bertz CT molecular complexity index is 1320. The lowest BCUT2D eigenvalue weighted by molar-refractivity contribution is -0.145. The maximum atomic E-state index is 14.2. The highest BCUT2D eigenvalue weighted by atomic mass is 16.2. The molecule has 0 radical (unpaired) electrons. The fraction of sp³-hybridized carbons (Fsp3) is 0.656. The van der Waals surface area contributed by atoms with Crippen LogP contribution in [-0.2, 0) is 19.2 Å². The predicted molar refractivity (Wildman–Crippen MR) is 162 cm³/mol. The van der Waals surface area contributed by atoms with Crippen molar-refractivity contribution in [3.05, 3.63) is 30.1 Å². The molecule has 0 spiro atoms. The number of pyridine rings is 1. The van der Waals surface area contributed by atoms with Crippen molar-refractivity contribution in [1.29, 1.82) is 0 Å². The second-order valence-corrected chi connectivity index (χ2v) is 14.6. The maximum Gasteiger partial charge on any atom is 0.316 e. The van der Waals surface area contributed by atoms with Crippen LogP contribution in [0.25, 0.3) is 0 Å². The number of carbonyl (C=O) groups excluding carboxylic acids is 6. The van der Waals surface area contributed by atoms with E-state index in [1.165, 1.54) is 11.1 Å². The van der Waals surface area contributed by atoms with Gasteiger partial charge in [0.15, 0.2) is 0 Å². The molecule has 2 aliphatic carbocycles. The monoisotopic (exact) mass is 610 g/mol. The molecule has 2 saturated carbocycles. The molecular formula is C32H46N6O6. The molecule has 1 aromatic heterocycles. The molecule has 2 heterocycles. The number of hydrogen-bond donors (Lipinski definition) is 4. The van der Waals surface area contributed by atoms with Crippen LogP contribution in [0.1, 0.15) is 78.2 Å². The molecule has 2 unspecified atom stereocenters. The Kier molecular flexibility index (Phi) is 9.23. The zero-order chi connectivity index (χ0) is 32.7.